The van der Waals surface area contributed by atoms with Crippen LogP contribution in [0, 0.1) is 5.82 Å². The highest BCUT2D eigenvalue weighted by Crippen LogP contribution is 2.30. The van der Waals surface area contributed by atoms with Crippen molar-refractivity contribution in [2.75, 3.05) is 5.88 Å². The number of hydrogen-bond acceptors (Lipinski definition) is 1. The van der Waals surface area contributed by atoms with Crippen molar-refractivity contribution in [3.63, 3.8) is 0 Å². The van der Waals surface area contributed by atoms with E-state index in [-0.39, 0.29) is 11.7 Å². The molecule has 2 rings (SSSR count). The van der Waals surface area contributed by atoms with E-state index in [0.29, 0.717) is 22.9 Å². The van der Waals surface area contributed by atoms with E-state index in [0.717, 1.165) is 24.4 Å². The average Bonchev–Trinajstić information content (AvgIpc) is 2.81. The Morgan fingerprint density at radius 2 is 2.00 bits per heavy atom. The first-order valence-electron chi connectivity index (χ1n) is 7.16. The van der Waals surface area contributed by atoms with Gasteiger partial charge in [-0.15, -0.1) is 11.6 Å². The second kappa shape index (κ2) is 7.28. The van der Waals surface area contributed by atoms with Crippen LogP contribution in [0.4, 0.5) is 4.39 Å². The number of alkyl halides is 1. The van der Waals surface area contributed by atoms with Crippen LogP contribution in [-0.4, -0.2) is 15.7 Å². The van der Waals surface area contributed by atoms with Crippen molar-refractivity contribution < 1.29 is 4.39 Å². The van der Waals surface area contributed by atoms with Crippen molar-refractivity contribution in [3.8, 4) is 0 Å². The molecular formula is C16H19Cl2FN2. The zero-order chi connectivity index (χ0) is 15.4. The summed E-state index contributed by atoms with van der Waals surface area (Å²) in [5.41, 5.74) is 2.45. The van der Waals surface area contributed by atoms with E-state index in [1.807, 2.05) is 24.6 Å². The standard InChI is InChI=1S/C16H19Cl2FN2/c1-3-14-16(18)15(21(4-2)20-14)9-11(10-17)12-7-5-6-8-13(12)19/h5-8,11H,3-4,9-10H2,1-2H3. The van der Waals surface area contributed by atoms with Crippen LogP contribution in [0.1, 0.15) is 36.7 Å². The fourth-order valence-corrected chi connectivity index (χ4v) is 3.12. The third-order valence-electron chi connectivity index (χ3n) is 3.67. The van der Waals surface area contributed by atoms with Crippen LogP contribution in [0.15, 0.2) is 24.3 Å². The normalized spacial score (nSPS) is 12.6. The van der Waals surface area contributed by atoms with Gasteiger partial charge >= 0.3 is 0 Å². The molecule has 21 heavy (non-hydrogen) atoms. The first kappa shape index (κ1) is 16.3. The Morgan fingerprint density at radius 1 is 1.29 bits per heavy atom. The monoisotopic (exact) mass is 328 g/mol. The highest BCUT2D eigenvalue weighted by atomic mass is 35.5. The van der Waals surface area contributed by atoms with Crippen molar-refractivity contribution in [1.29, 1.82) is 0 Å². The summed E-state index contributed by atoms with van der Waals surface area (Å²) in [7, 11) is 0. The molecule has 0 saturated heterocycles. The summed E-state index contributed by atoms with van der Waals surface area (Å²) in [5, 5.41) is 5.18. The van der Waals surface area contributed by atoms with E-state index in [1.165, 1.54) is 6.07 Å². The van der Waals surface area contributed by atoms with E-state index >= 15 is 0 Å². The Labute approximate surface area is 134 Å². The van der Waals surface area contributed by atoms with E-state index in [2.05, 4.69) is 5.10 Å². The van der Waals surface area contributed by atoms with Crippen molar-refractivity contribution in [2.45, 2.75) is 39.2 Å². The van der Waals surface area contributed by atoms with Crippen LogP contribution < -0.4 is 0 Å². The van der Waals surface area contributed by atoms with Gasteiger partial charge in [0.1, 0.15) is 5.82 Å². The first-order valence-corrected chi connectivity index (χ1v) is 8.07. The minimum atomic E-state index is -0.224. The smallest absolute Gasteiger partial charge is 0.126 e. The van der Waals surface area contributed by atoms with Crippen LogP contribution in [0.5, 0.6) is 0 Å². The summed E-state index contributed by atoms with van der Waals surface area (Å²) in [6.07, 6.45) is 1.37. The molecule has 1 aromatic carbocycles. The van der Waals surface area contributed by atoms with E-state index in [4.69, 9.17) is 23.2 Å². The van der Waals surface area contributed by atoms with Crippen LogP contribution in [-0.2, 0) is 19.4 Å². The molecule has 0 aliphatic heterocycles. The highest BCUT2D eigenvalue weighted by Gasteiger charge is 2.21. The molecule has 5 heteroatoms. The Bertz CT molecular complexity index is 610. The quantitative estimate of drug-likeness (QED) is 0.695. The molecule has 2 aromatic rings. The molecule has 1 unspecified atom stereocenters. The van der Waals surface area contributed by atoms with Crippen molar-refractivity contribution >= 4 is 23.2 Å². The summed E-state index contributed by atoms with van der Waals surface area (Å²) in [6.45, 7) is 4.78. The maximum atomic E-state index is 14.0. The second-order valence-electron chi connectivity index (χ2n) is 4.95. The molecule has 0 N–H and O–H groups in total. The number of aryl methyl sites for hydroxylation is 2. The van der Waals surface area contributed by atoms with Gasteiger partial charge in [-0.25, -0.2) is 4.39 Å². The molecule has 1 heterocycles. The fourth-order valence-electron chi connectivity index (χ4n) is 2.50. The molecule has 2 nitrogen and oxygen atoms in total. The van der Waals surface area contributed by atoms with Crippen molar-refractivity contribution in [1.82, 2.24) is 9.78 Å². The molecule has 0 saturated carbocycles. The first-order chi connectivity index (χ1) is 10.1. The SMILES string of the molecule is CCc1nn(CC)c(CC(CCl)c2ccccc2F)c1Cl. The maximum absolute atomic E-state index is 14.0. The molecule has 0 aliphatic rings. The molecule has 0 amide bonds. The minimum Gasteiger partial charge on any atom is -0.268 e. The van der Waals surface area contributed by atoms with E-state index < -0.39 is 0 Å². The largest absolute Gasteiger partial charge is 0.268 e. The third-order valence-corrected chi connectivity index (χ3v) is 4.47. The third kappa shape index (κ3) is 3.41. The molecule has 1 atom stereocenters. The van der Waals surface area contributed by atoms with Crippen LogP contribution in [0.3, 0.4) is 0 Å². The number of aromatic nitrogens is 2. The van der Waals surface area contributed by atoms with Gasteiger partial charge in [0, 0.05) is 18.3 Å². The average molecular weight is 329 g/mol. The van der Waals surface area contributed by atoms with E-state index in [9.17, 15) is 4.39 Å². The zero-order valence-electron chi connectivity index (χ0n) is 12.2. The van der Waals surface area contributed by atoms with E-state index in [1.54, 1.807) is 12.1 Å². The Morgan fingerprint density at radius 3 is 2.57 bits per heavy atom. The second-order valence-corrected chi connectivity index (χ2v) is 5.64. The Hall–Kier alpha value is -1.06. The number of hydrogen-bond donors (Lipinski definition) is 0. The zero-order valence-corrected chi connectivity index (χ0v) is 13.8. The molecule has 1 aromatic heterocycles. The van der Waals surface area contributed by atoms with Crippen LogP contribution in [0.2, 0.25) is 5.02 Å². The Kier molecular flexibility index (Phi) is 5.65. The van der Waals surface area contributed by atoms with Gasteiger partial charge in [-0.05, 0) is 31.4 Å². The number of halogens is 3. The van der Waals surface area contributed by atoms with Crippen molar-refractivity contribution in [3.05, 3.63) is 52.1 Å². The van der Waals surface area contributed by atoms with Gasteiger partial charge in [0.15, 0.2) is 0 Å². The summed E-state index contributed by atoms with van der Waals surface area (Å²) in [4.78, 5) is 0. The molecule has 0 fully saturated rings. The Balaban J connectivity index is 2.35. The van der Waals surface area contributed by atoms with Gasteiger partial charge in [-0.1, -0.05) is 36.7 Å². The topological polar surface area (TPSA) is 17.8 Å². The van der Waals surface area contributed by atoms with Crippen LogP contribution >= 0.6 is 23.2 Å². The summed E-state index contributed by atoms with van der Waals surface area (Å²) in [6, 6.07) is 6.76. The maximum Gasteiger partial charge on any atom is 0.126 e. The molecule has 0 aliphatic carbocycles. The molecule has 0 radical (unpaired) electrons. The molecule has 0 spiro atoms. The number of nitrogens with zero attached hydrogens (tertiary/aromatic N) is 2. The lowest BCUT2D eigenvalue weighted by Crippen LogP contribution is -2.11. The fraction of sp³-hybridized carbons (Fsp3) is 0.438. The summed E-state index contributed by atoms with van der Waals surface area (Å²) < 4.78 is 15.9. The molecule has 0 bridgehead atoms. The van der Waals surface area contributed by atoms with Gasteiger partial charge in [-0.2, -0.15) is 5.10 Å². The summed E-state index contributed by atoms with van der Waals surface area (Å²) >= 11 is 12.5. The van der Waals surface area contributed by atoms with Gasteiger partial charge in [0.05, 0.1) is 16.4 Å². The lowest BCUT2D eigenvalue weighted by atomic mass is 9.95. The predicted molar refractivity (Wildman–Crippen MR) is 85.9 cm³/mol. The highest BCUT2D eigenvalue weighted by molar-refractivity contribution is 6.31. The minimum absolute atomic E-state index is 0.114. The van der Waals surface area contributed by atoms with Crippen LogP contribution in [0.25, 0.3) is 0 Å². The number of benzene rings is 1. The van der Waals surface area contributed by atoms with Gasteiger partial charge in [-0.3, -0.25) is 4.68 Å². The lowest BCUT2D eigenvalue weighted by molar-refractivity contribution is 0.565. The predicted octanol–water partition coefficient (Wildman–Crippen LogP) is 4.82. The van der Waals surface area contributed by atoms with Gasteiger partial charge in [0.25, 0.3) is 0 Å². The number of rotatable bonds is 6. The van der Waals surface area contributed by atoms with Gasteiger partial charge in [0.2, 0.25) is 0 Å². The lowest BCUT2D eigenvalue weighted by Gasteiger charge is -2.16. The summed E-state index contributed by atoms with van der Waals surface area (Å²) in [5.74, 6) is 0.00258. The van der Waals surface area contributed by atoms with Crippen molar-refractivity contribution in [2.24, 2.45) is 0 Å². The van der Waals surface area contributed by atoms with Gasteiger partial charge < -0.3 is 0 Å². The molecule has 114 valence electrons. The molecular weight excluding hydrogens is 310 g/mol.